The Morgan fingerprint density at radius 3 is 2.58 bits per heavy atom. The molecule has 0 aliphatic rings. The number of nitrogens with one attached hydrogen (secondary N) is 1. The third-order valence-corrected chi connectivity index (χ3v) is 3.68. The maximum Gasteiger partial charge on any atom is 0.226 e. The number of nitrogens with zero attached hydrogens (tertiary/aromatic N) is 1. The number of hydrogen-bond acceptors (Lipinski definition) is 3. The van der Waals surface area contributed by atoms with Crippen molar-refractivity contribution in [2.45, 2.75) is 13.3 Å². The summed E-state index contributed by atoms with van der Waals surface area (Å²) in [6, 6.07) is 14.1. The van der Waals surface area contributed by atoms with Crippen molar-refractivity contribution in [3.8, 4) is 5.75 Å². The smallest absolute Gasteiger partial charge is 0.226 e. The van der Waals surface area contributed by atoms with E-state index in [-0.39, 0.29) is 24.8 Å². The van der Waals surface area contributed by atoms with Crippen molar-refractivity contribution in [2.75, 3.05) is 23.9 Å². The number of carbonyl (C=O) groups excluding carboxylic acids is 2. The quantitative estimate of drug-likeness (QED) is 0.867. The molecule has 1 N–H and O–H groups in total. The van der Waals surface area contributed by atoms with Gasteiger partial charge in [-0.1, -0.05) is 29.8 Å². The van der Waals surface area contributed by atoms with Crippen LogP contribution in [0, 0.1) is 0 Å². The van der Waals surface area contributed by atoms with Crippen molar-refractivity contribution in [2.24, 2.45) is 0 Å². The highest BCUT2D eigenvalue weighted by Crippen LogP contribution is 2.23. The summed E-state index contributed by atoms with van der Waals surface area (Å²) in [4.78, 5) is 25.6. The van der Waals surface area contributed by atoms with E-state index in [1.54, 1.807) is 43.5 Å². The summed E-state index contributed by atoms with van der Waals surface area (Å²) >= 11 is 5.97. The summed E-state index contributed by atoms with van der Waals surface area (Å²) < 4.78 is 5.20. The van der Waals surface area contributed by atoms with Gasteiger partial charge in [0.2, 0.25) is 11.8 Å². The van der Waals surface area contributed by atoms with E-state index in [9.17, 15) is 9.59 Å². The summed E-state index contributed by atoms with van der Waals surface area (Å²) in [7, 11) is 1.54. The van der Waals surface area contributed by atoms with Gasteiger partial charge in [-0.05, 0) is 30.3 Å². The van der Waals surface area contributed by atoms with Crippen LogP contribution in [0.1, 0.15) is 13.3 Å². The van der Waals surface area contributed by atoms with Gasteiger partial charge in [0.1, 0.15) is 5.75 Å². The Labute approximate surface area is 146 Å². The minimum Gasteiger partial charge on any atom is -0.495 e. The van der Waals surface area contributed by atoms with E-state index in [1.165, 1.54) is 11.8 Å². The normalized spacial score (nSPS) is 10.1. The topological polar surface area (TPSA) is 58.6 Å². The average Bonchev–Trinajstić information content (AvgIpc) is 2.55. The molecule has 2 amide bonds. The van der Waals surface area contributed by atoms with E-state index in [4.69, 9.17) is 16.3 Å². The van der Waals surface area contributed by atoms with Crippen molar-refractivity contribution in [3.05, 3.63) is 53.6 Å². The van der Waals surface area contributed by atoms with Crippen LogP contribution < -0.4 is 15.0 Å². The lowest BCUT2D eigenvalue weighted by Crippen LogP contribution is -2.31. The summed E-state index contributed by atoms with van der Waals surface area (Å²) in [5.74, 6) is 0.235. The largest absolute Gasteiger partial charge is 0.495 e. The first-order valence-corrected chi connectivity index (χ1v) is 7.85. The van der Waals surface area contributed by atoms with Gasteiger partial charge in [0.15, 0.2) is 0 Å². The van der Waals surface area contributed by atoms with Gasteiger partial charge in [-0.15, -0.1) is 0 Å². The molecule has 2 aromatic carbocycles. The number of benzene rings is 2. The molecule has 2 aromatic rings. The monoisotopic (exact) mass is 346 g/mol. The predicted molar refractivity (Wildman–Crippen MR) is 95.7 cm³/mol. The Balaban J connectivity index is 2.02. The third kappa shape index (κ3) is 4.73. The number of amides is 2. The Kier molecular flexibility index (Phi) is 6.21. The van der Waals surface area contributed by atoms with Gasteiger partial charge in [-0.2, -0.15) is 0 Å². The molecule has 0 fully saturated rings. The number of methoxy groups -OCH3 is 1. The van der Waals surface area contributed by atoms with E-state index in [1.807, 2.05) is 12.1 Å². The van der Waals surface area contributed by atoms with Crippen LogP contribution in [0.3, 0.4) is 0 Å². The maximum absolute atomic E-state index is 12.2. The van der Waals surface area contributed by atoms with Gasteiger partial charge >= 0.3 is 0 Å². The van der Waals surface area contributed by atoms with E-state index in [0.29, 0.717) is 22.1 Å². The van der Waals surface area contributed by atoms with Gasteiger partial charge in [-0.25, -0.2) is 0 Å². The van der Waals surface area contributed by atoms with E-state index in [2.05, 4.69) is 5.32 Å². The Bertz CT molecular complexity index is 734. The van der Waals surface area contributed by atoms with Crippen LogP contribution in [0.2, 0.25) is 5.02 Å². The van der Waals surface area contributed by atoms with Crippen molar-refractivity contribution < 1.29 is 14.3 Å². The first-order valence-electron chi connectivity index (χ1n) is 7.48. The molecule has 126 valence electrons. The molecule has 0 bridgehead atoms. The molecule has 0 aliphatic carbocycles. The maximum atomic E-state index is 12.2. The molecule has 0 saturated heterocycles. The number of halogens is 1. The molecule has 0 saturated carbocycles. The fourth-order valence-electron chi connectivity index (χ4n) is 2.29. The highest BCUT2D eigenvalue weighted by Gasteiger charge is 2.14. The van der Waals surface area contributed by atoms with Crippen LogP contribution in [0.15, 0.2) is 48.5 Å². The van der Waals surface area contributed by atoms with Crippen molar-refractivity contribution in [1.82, 2.24) is 0 Å². The van der Waals surface area contributed by atoms with E-state index < -0.39 is 0 Å². The van der Waals surface area contributed by atoms with Crippen molar-refractivity contribution in [1.29, 1.82) is 0 Å². The third-order valence-electron chi connectivity index (χ3n) is 3.44. The van der Waals surface area contributed by atoms with Gasteiger partial charge in [0.05, 0.1) is 12.8 Å². The minimum absolute atomic E-state index is 0.151. The molecule has 0 spiro atoms. The molecule has 0 aliphatic heterocycles. The zero-order valence-electron chi connectivity index (χ0n) is 13.6. The highest BCUT2D eigenvalue weighted by molar-refractivity contribution is 6.30. The number of para-hydroxylation sites is 2. The van der Waals surface area contributed by atoms with Crippen LogP contribution in [-0.4, -0.2) is 25.5 Å². The van der Waals surface area contributed by atoms with Gasteiger partial charge in [-0.3, -0.25) is 9.59 Å². The number of anilines is 2. The lowest BCUT2D eigenvalue weighted by atomic mass is 10.2. The molecule has 0 unspecified atom stereocenters. The summed E-state index contributed by atoms with van der Waals surface area (Å²) in [6.07, 6.45) is 0.157. The molecule has 24 heavy (non-hydrogen) atoms. The average molecular weight is 347 g/mol. The second-order valence-electron chi connectivity index (χ2n) is 5.15. The second-order valence-corrected chi connectivity index (χ2v) is 5.59. The minimum atomic E-state index is -0.201. The van der Waals surface area contributed by atoms with Gasteiger partial charge < -0.3 is 15.0 Å². The van der Waals surface area contributed by atoms with Crippen LogP contribution in [-0.2, 0) is 9.59 Å². The highest BCUT2D eigenvalue weighted by atomic mass is 35.5. The molecule has 0 atom stereocenters. The van der Waals surface area contributed by atoms with Crippen LogP contribution >= 0.6 is 11.6 Å². The van der Waals surface area contributed by atoms with Crippen LogP contribution in [0.5, 0.6) is 5.75 Å². The van der Waals surface area contributed by atoms with Crippen LogP contribution in [0.4, 0.5) is 11.4 Å². The first-order chi connectivity index (χ1) is 11.5. The van der Waals surface area contributed by atoms with Crippen LogP contribution in [0.25, 0.3) is 0 Å². The molecule has 0 heterocycles. The number of rotatable bonds is 6. The van der Waals surface area contributed by atoms with Gasteiger partial charge in [0.25, 0.3) is 0 Å². The Hall–Kier alpha value is -2.53. The fraction of sp³-hybridized carbons (Fsp3) is 0.222. The number of ether oxygens (including phenoxy) is 1. The van der Waals surface area contributed by atoms with Crippen molar-refractivity contribution in [3.63, 3.8) is 0 Å². The summed E-state index contributed by atoms with van der Waals surface area (Å²) in [6.45, 7) is 1.72. The molecule has 0 radical (unpaired) electrons. The zero-order chi connectivity index (χ0) is 17.5. The molecule has 5 nitrogen and oxygen atoms in total. The summed E-state index contributed by atoms with van der Waals surface area (Å²) in [5.41, 5.74) is 1.27. The van der Waals surface area contributed by atoms with Gasteiger partial charge in [0, 0.05) is 30.6 Å². The standard InChI is InChI=1S/C18H19ClN2O3/c1-13(22)21(15-7-5-6-14(19)12-15)11-10-18(23)20-16-8-3-4-9-17(16)24-2/h3-9,12H,10-11H2,1-2H3,(H,20,23). The molecule has 2 rings (SSSR count). The van der Waals surface area contributed by atoms with E-state index in [0.717, 1.165) is 0 Å². The fourth-order valence-corrected chi connectivity index (χ4v) is 2.47. The zero-order valence-corrected chi connectivity index (χ0v) is 14.3. The van der Waals surface area contributed by atoms with E-state index >= 15 is 0 Å². The molecule has 6 heteroatoms. The predicted octanol–water partition coefficient (Wildman–Crippen LogP) is 3.73. The lowest BCUT2D eigenvalue weighted by molar-refractivity contribution is -0.117. The molecule has 0 aromatic heterocycles. The number of hydrogen-bond donors (Lipinski definition) is 1. The number of carbonyl (C=O) groups is 2. The Morgan fingerprint density at radius 2 is 1.92 bits per heavy atom. The second kappa shape index (κ2) is 8.36. The summed E-state index contributed by atoms with van der Waals surface area (Å²) in [5, 5.41) is 3.33. The molecular weight excluding hydrogens is 328 g/mol. The molecular formula is C18H19ClN2O3. The Morgan fingerprint density at radius 1 is 1.17 bits per heavy atom. The SMILES string of the molecule is COc1ccccc1NC(=O)CCN(C(C)=O)c1cccc(Cl)c1. The lowest BCUT2D eigenvalue weighted by Gasteiger charge is -2.21. The first kappa shape index (κ1) is 17.8. The van der Waals surface area contributed by atoms with Crippen molar-refractivity contribution >= 4 is 34.8 Å².